The number of hydrogen-bond acceptors (Lipinski definition) is 2. The molecule has 1 fully saturated rings. The van der Waals surface area contributed by atoms with Crippen molar-refractivity contribution in [2.45, 2.75) is 37.6 Å². The fourth-order valence-corrected chi connectivity index (χ4v) is 1.73. The van der Waals surface area contributed by atoms with Crippen LogP contribution in [0, 0.1) is 0 Å². The molecule has 1 aliphatic carbocycles. The summed E-state index contributed by atoms with van der Waals surface area (Å²) in [5, 5.41) is 11.8. The van der Waals surface area contributed by atoms with Gasteiger partial charge in [0.2, 0.25) is 0 Å². The lowest BCUT2D eigenvalue weighted by atomic mass is 9.82. The van der Waals surface area contributed by atoms with E-state index in [2.05, 4.69) is 5.32 Å². The summed E-state index contributed by atoms with van der Waals surface area (Å²) >= 11 is 0. The smallest absolute Gasteiger partial charge is 0.323 e. The lowest BCUT2D eigenvalue weighted by molar-refractivity contribution is -0.146. The molecule has 80 valence electrons. The van der Waals surface area contributed by atoms with E-state index in [-0.39, 0.29) is 24.8 Å². The minimum absolute atomic E-state index is 0. The van der Waals surface area contributed by atoms with E-state index in [1.54, 1.807) is 7.05 Å². The van der Waals surface area contributed by atoms with Gasteiger partial charge >= 0.3 is 5.97 Å². The first kappa shape index (κ1) is 15.5. The first-order valence-electron chi connectivity index (χ1n) is 4.13. The maximum Gasteiger partial charge on any atom is 0.323 e. The van der Waals surface area contributed by atoms with Crippen LogP contribution in [-0.4, -0.2) is 23.7 Å². The minimum Gasteiger partial charge on any atom is -0.480 e. The lowest BCUT2D eigenvalue weighted by Gasteiger charge is -2.32. The van der Waals surface area contributed by atoms with E-state index in [1.165, 1.54) is 6.42 Å². The number of carbonyl (C=O) groups is 1. The van der Waals surface area contributed by atoms with E-state index >= 15 is 0 Å². The Hall–Kier alpha value is 0.01000. The van der Waals surface area contributed by atoms with E-state index in [1.807, 2.05) is 0 Å². The van der Waals surface area contributed by atoms with E-state index in [9.17, 15) is 4.79 Å². The molecule has 5 heteroatoms. The molecule has 1 saturated carbocycles. The summed E-state index contributed by atoms with van der Waals surface area (Å²) < 4.78 is 0. The predicted molar refractivity (Wildman–Crippen MR) is 57.0 cm³/mol. The van der Waals surface area contributed by atoms with Crippen LogP contribution in [0.15, 0.2) is 0 Å². The number of hydrogen-bond donors (Lipinski definition) is 2. The summed E-state index contributed by atoms with van der Waals surface area (Å²) in [7, 11) is 1.74. The van der Waals surface area contributed by atoms with Crippen LogP contribution in [0.1, 0.15) is 32.1 Å². The van der Waals surface area contributed by atoms with E-state index in [4.69, 9.17) is 5.11 Å². The molecule has 0 spiro atoms. The van der Waals surface area contributed by atoms with Gasteiger partial charge in [0, 0.05) is 0 Å². The summed E-state index contributed by atoms with van der Waals surface area (Å²) in [4.78, 5) is 10.8. The van der Waals surface area contributed by atoms with Crippen LogP contribution in [0.2, 0.25) is 0 Å². The molecule has 0 aliphatic heterocycles. The molecule has 13 heavy (non-hydrogen) atoms. The van der Waals surface area contributed by atoms with Gasteiger partial charge in [-0.25, -0.2) is 0 Å². The number of rotatable bonds is 2. The van der Waals surface area contributed by atoms with Gasteiger partial charge in [-0.1, -0.05) is 19.3 Å². The molecule has 0 aromatic carbocycles. The number of halogens is 2. The summed E-state index contributed by atoms with van der Waals surface area (Å²) in [6.45, 7) is 0. The molecule has 0 radical (unpaired) electrons. The zero-order chi connectivity index (χ0) is 8.32. The average molecular weight is 230 g/mol. The molecule has 0 aromatic heterocycles. The molecule has 0 heterocycles. The van der Waals surface area contributed by atoms with Crippen LogP contribution in [0.3, 0.4) is 0 Å². The molecular weight excluding hydrogens is 213 g/mol. The second-order valence-electron chi connectivity index (χ2n) is 3.20. The second kappa shape index (κ2) is 6.46. The topological polar surface area (TPSA) is 49.3 Å². The Labute approximate surface area is 91.1 Å². The number of aliphatic carboxylic acids is 1. The van der Waals surface area contributed by atoms with Crippen molar-refractivity contribution in [1.29, 1.82) is 0 Å². The van der Waals surface area contributed by atoms with Crippen LogP contribution in [0.5, 0.6) is 0 Å². The normalized spacial score (nSPS) is 19.5. The zero-order valence-corrected chi connectivity index (χ0v) is 9.34. The first-order valence-corrected chi connectivity index (χ1v) is 4.13. The van der Waals surface area contributed by atoms with Gasteiger partial charge in [-0.05, 0) is 19.9 Å². The largest absolute Gasteiger partial charge is 0.480 e. The molecule has 0 atom stereocenters. The molecule has 0 bridgehead atoms. The Kier molecular flexibility index (Phi) is 7.69. The summed E-state index contributed by atoms with van der Waals surface area (Å²) in [5.74, 6) is -0.695. The Morgan fingerprint density at radius 1 is 1.23 bits per heavy atom. The van der Waals surface area contributed by atoms with Gasteiger partial charge in [0.15, 0.2) is 0 Å². The number of carboxylic acids is 1. The highest BCUT2D eigenvalue weighted by Crippen LogP contribution is 2.27. The van der Waals surface area contributed by atoms with Crippen molar-refractivity contribution in [2.24, 2.45) is 0 Å². The lowest BCUT2D eigenvalue weighted by Crippen LogP contribution is -2.51. The molecule has 1 rings (SSSR count). The number of nitrogens with one attached hydrogen (secondary N) is 1. The Bertz CT molecular complexity index is 158. The van der Waals surface area contributed by atoms with Crippen molar-refractivity contribution < 1.29 is 9.90 Å². The molecule has 0 amide bonds. The Balaban J connectivity index is 0. The maximum atomic E-state index is 10.8. The third kappa shape index (κ3) is 3.33. The molecule has 3 nitrogen and oxygen atoms in total. The second-order valence-corrected chi connectivity index (χ2v) is 3.20. The molecule has 1 aliphatic rings. The molecular formula is C8H17Cl2NO2. The monoisotopic (exact) mass is 229 g/mol. The minimum atomic E-state index is -0.695. The molecule has 0 unspecified atom stereocenters. The van der Waals surface area contributed by atoms with E-state index < -0.39 is 11.5 Å². The zero-order valence-electron chi connectivity index (χ0n) is 7.71. The van der Waals surface area contributed by atoms with Gasteiger partial charge < -0.3 is 10.4 Å². The standard InChI is InChI=1S/C8H15NO2.2ClH/c1-9-8(7(10)11)5-3-2-4-6-8;;/h9H,2-6H2,1H3,(H,10,11);2*1H. The third-order valence-electron chi connectivity index (χ3n) is 2.60. The van der Waals surface area contributed by atoms with Crippen LogP contribution >= 0.6 is 24.8 Å². The number of carboxylic acid groups (broad SMARTS) is 1. The van der Waals surface area contributed by atoms with Gasteiger partial charge in [0.1, 0.15) is 5.54 Å². The van der Waals surface area contributed by atoms with Crippen molar-refractivity contribution in [3.63, 3.8) is 0 Å². The highest BCUT2D eigenvalue weighted by Gasteiger charge is 2.37. The predicted octanol–water partition coefficient (Wildman–Crippen LogP) is 1.84. The van der Waals surface area contributed by atoms with Crippen molar-refractivity contribution in [3.8, 4) is 0 Å². The quantitative estimate of drug-likeness (QED) is 0.760. The number of likely N-dealkylation sites (N-methyl/N-ethyl adjacent to an activating group) is 1. The Morgan fingerprint density at radius 3 is 1.92 bits per heavy atom. The van der Waals surface area contributed by atoms with Crippen molar-refractivity contribution in [1.82, 2.24) is 5.32 Å². The van der Waals surface area contributed by atoms with Gasteiger partial charge in [0.05, 0.1) is 0 Å². The molecule has 0 aromatic rings. The van der Waals surface area contributed by atoms with Crippen molar-refractivity contribution in [2.75, 3.05) is 7.05 Å². The summed E-state index contributed by atoms with van der Waals surface area (Å²) in [5.41, 5.74) is -0.613. The van der Waals surface area contributed by atoms with Gasteiger partial charge in [-0.15, -0.1) is 24.8 Å². The van der Waals surface area contributed by atoms with Gasteiger partial charge in [-0.2, -0.15) is 0 Å². The molecule has 2 N–H and O–H groups in total. The summed E-state index contributed by atoms with van der Waals surface area (Å²) in [6, 6.07) is 0. The maximum absolute atomic E-state index is 10.8. The van der Waals surface area contributed by atoms with Crippen molar-refractivity contribution in [3.05, 3.63) is 0 Å². The highest BCUT2D eigenvalue weighted by molar-refractivity contribution is 5.85. The van der Waals surface area contributed by atoms with Crippen molar-refractivity contribution >= 4 is 30.8 Å². The third-order valence-corrected chi connectivity index (χ3v) is 2.60. The fraction of sp³-hybridized carbons (Fsp3) is 0.875. The SMILES string of the molecule is CNC1(C(=O)O)CCCCC1.Cl.Cl. The first-order chi connectivity index (χ1) is 5.21. The average Bonchev–Trinajstić information content (AvgIpc) is 2.05. The van der Waals surface area contributed by atoms with Crippen LogP contribution in [-0.2, 0) is 4.79 Å². The van der Waals surface area contributed by atoms with Gasteiger partial charge in [-0.3, -0.25) is 4.79 Å². The van der Waals surface area contributed by atoms with Crippen LogP contribution in [0.25, 0.3) is 0 Å². The summed E-state index contributed by atoms with van der Waals surface area (Å²) in [6.07, 6.45) is 4.80. The van der Waals surface area contributed by atoms with E-state index in [0.29, 0.717) is 0 Å². The fourth-order valence-electron chi connectivity index (χ4n) is 1.73. The van der Waals surface area contributed by atoms with Crippen LogP contribution in [0.4, 0.5) is 0 Å². The van der Waals surface area contributed by atoms with Gasteiger partial charge in [0.25, 0.3) is 0 Å². The Morgan fingerprint density at radius 2 is 1.69 bits per heavy atom. The molecule has 0 saturated heterocycles. The van der Waals surface area contributed by atoms with Crippen LogP contribution < -0.4 is 5.32 Å². The highest BCUT2D eigenvalue weighted by atomic mass is 35.5. The van der Waals surface area contributed by atoms with E-state index in [0.717, 1.165) is 25.7 Å².